The van der Waals surface area contributed by atoms with Gasteiger partial charge in [0.2, 0.25) is 11.8 Å². The van der Waals surface area contributed by atoms with Gasteiger partial charge in [0.15, 0.2) is 0 Å². The number of hydrogen-bond donors (Lipinski definition) is 2. The lowest BCUT2D eigenvalue weighted by Crippen LogP contribution is -2.34. The van der Waals surface area contributed by atoms with E-state index in [1.165, 1.54) is 17.3 Å². The fourth-order valence-corrected chi connectivity index (χ4v) is 3.60. The van der Waals surface area contributed by atoms with Crippen LogP contribution in [0.1, 0.15) is 37.5 Å². The lowest BCUT2D eigenvalue weighted by atomic mass is 9.87. The van der Waals surface area contributed by atoms with Crippen molar-refractivity contribution in [1.29, 1.82) is 0 Å². The molecule has 0 unspecified atom stereocenters. The van der Waals surface area contributed by atoms with Gasteiger partial charge in [0.05, 0.1) is 25.1 Å². The molecule has 2 rings (SSSR count). The van der Waals surface area contributed by atoms with E-state index in [9.17, 15) is 9.59 Å². The molecule has 5 nitrogen and oxygen atoms in total. The number of ether oxygens (including phenoxy) is 1. The number of rotatable bonds is 7. The Hall–Kier alpha value is -2.47. The highest BCUT2D eigenvalue weighted by atomic mass is 32.2. The van der Waals surface area contributed by atoms with Crippen molar-refractivity contribution in [2.45, 2.75) is 44.9 Å². The summed E-state index contributed by atoms with van der Waals surface area (Å²) in [5.41, 5.74) is 4.03. The fourth-order valence-electron chi connectivity index (χ4n) is 2.71. The van der Waals surface area contributed by atoms with E-state index in [1.54, 1.807) is 13.2 Å². The molecule has 0 aliphatic rings. The van der Waals surface area contributed by atoms with E-state index >= 15 is 0 Å². The molecule has 0 aliphatic heterocycles. The summed E-state index contributed by atoms with van der Waals surface area (Å²) in [5, 5.41) is 5.46. The number of nitrogens with one attached hydrogen (secondary N) is 2. The average molecular weight is 415 g/mol. The van der Waals surface area contributed by atoms with Crippen molar-refractivity contribution >= 4 is 29.3 Å². The van der Waals surface area contributed by atoms with E-state index in [0.29, 0.717) is 11.4 Å². The maximum atomic E-state index is 12.2. The third kappa shape index (κ3) is 6.82. The predicted octanol–water partition coefficient (Wildman–Crippen LogP) is 4.46. The highest BCUT2D eigenvalue weighted by molar-refractivity contribution is 8.00. The zero-order valence-corrected chi connectivity index (χ0v) is 18.8. The van der Waals surface area contributed by atoms with Crippen molar-refractivity contribution in [3.05, 3.63) is 53.1 Å². The third-order valence-corrected chi connectivity index (χ3v) is 5.65. The van der Waals surface area contributed by atoms with Crippen LogP contribution in [0.5, 0.6) is 5.75 Å². The normalized spacial score (nSPS) is 11.1. The highest BCUT2D eigenvalue weighted by Crippen LogP contribution is 2.29. The summed E-state index contributed by atoms with van der Waals surface area (Å²) in [4.78, 5) is 25.5. The van der Waals surface area contributed by atoms with E-state index in [0.717, 1.165) is 16.0 Å². The Labute approximate surface area is 177 Å². The first-order chi connectivity index (χ1) is 13.6. The molecule has 156 valence electrons. The third-order valence-electron chi connectivity index (χ3n) is 4.49. The Kier molecular flexibility index (Phi) is 7.73. The standard InChI is InChI=1S/C23H30N2O3S/c1-15-7-10-19(28-6)18(11-15)25-21(26)13-24-22(27)14-29-20-12-17(23(3,4)5)9-8-16(20)2/h7-12H,13-14H2,1-6H3,(H,24,27)(H,25,26). The molecule has 2 N–H and O–H groups in total. The molecule has 2 amide bonds. The number of amides is 2. The molecule has 0 saturated carbocycles. The Morgan fingerprint density at radius 1 is 1.03 bits per heavy atom. The maximum Gasteiger partial charge on any atom is 0.243 e. The van der Waals surface area contributed by atoms with Crippen LogP contribution in [0.4, 0.5) is 5.69 Å². The molecule has 0 bridgehead atoms. The van der Waals surface area contributed by atoms with Gasteiger partial charge in [-0.15, -0.1) is 11.8 Å². The first kappa shape index (κ1) is 22.8. The SMILES string of the molecule is COc1ccc(C)cc1NC(=O)CNC(=O)CSc1cc(C(C)(C)C)ccc1C. The quantitative estimate of drug-likeness (QED) is 0.657. The number of aryl methyl sites for hydroxylation is 2. The van der Waals surface area contributed by atoms with Crippen molar-refractivity contribution in [2.75, 3.05) is 24.7 Å². The molecule has 0 aliphatic carbocycles. The van der Waals surface area contributed by atoms with Gasteiger partial charge < -0.3 is 15.4 Å². The van der Waals surface area contributed by atoms with Gasteiger partial charge in [0, 0.05) is 4.90 Å². The van der Waals surface area contributed by atoms with Crippen LogP contribution in [0.2, 0.25) is 0 Å². The van der Waals surface area contributed by atoms with E-state index in [1.807, 2.05) is 26.0 Å². The fraction of sp³-hybridized carbons (Fsp3) is 0.391. The molecule has 0 saturated heterocycles. The Balaban J connectivity index is 1.88. The molecule has 29 heavy (non-hydrogen) atoms. The van der Waals surface area contributed by atoms with Crippen LogP contribution in [-0.4, -0.2) is 31.2 Å². The van der Waals surface area contributed by atoms with Crippen LogP contribution in [0.25, 0.3) is 0 Å². The van der Waals surface area contributed by atoms with Gasteiger partial charge in [-0.3, -0.25) is 9.59 Å². The second-order valence-corrected chi connectivity index (χ2v) is 9.06. The number of methoxy groups -OCH3 is 1. The first-order valence-electron chi connectivity index (χ1n) is 9.55. The van der Waals surface area contributed by atoms with E-state index in [2.05, 4.69) is 49.6 Å². The summed E-state index contributed by atoms with van der Waals surface area (Å²) in [5.74, 6) is 0.371. The number of hydrogen-bond acceptors (Lipinski definition) is 4. The summed E-state index contributed by atoms with van der Waals surface area (Å²) in [6.45, 7) is 10.4. The zero-order chi connectivity index (χ0) is 21.6. The van der Waals surface area contributed by atoms with Gasteiger partial charge in [-0.1, -0.05) is 39.0 Å². The minimum absolute atomic E-state index is 0.0558. The van der Waals surface area contributed by atoms with Gasteiger partial charge >= 0.3 is 0 Å². The van der Waals surface area contributed by atoms with Gasteiger partial charge in [0.25, 0.3) is 0 Å². The second kappa shape index (κ2) is 9.83. The first-order valence-corrected chi connectivity index (χ1v) is 10.5. The topological polar surface area (TPSA) is 67.4 Å². The number of thioether (sulfide) groups is 1. The molecule has 0 radical (unpaired) electrons. The molecule has 2 aromatic rings. The molecule has 0 atom stereocenters. The molecular formula is C23H30N2O3S. The Bertz CT molecular complexity index is 888. The minimum atomic E-state index is -0.293. The van der Waals surface area contributed by atoms with Gasteiger partial charge in [-0.25, -0.2) is 0 Å². The van der Waals surface area contributed by atoms with Crippen molar-refractivity contribution in [3.8, 4) is 5.75 Å². The van der Waals surface area contributed by atoms with Crippen LogP contribution in [-0.2, 0) is 15.0 Å². The minimum Gasteiger partial charge on any atom is -0.495 e. The van der Waals surface area contributed by atoms with Crippen LogP contribution in [0.3, 0.4) is 0 Å². The number of anilines is 1. The van der Waals surface area contributed by atoms with Crippen LogP contribution >= 0.6 is 11.8 Å². The summed E-state index contributed by atoms with van der Waals surface area (Å²) in [6, 6.07) is 11.9. The average Bonchev–Trinajstić information content (AvgIpc) is 2.65. The second-order valence-electron chi connectivity index (χ2n) is 8.05. The highest BCUT2D eigenvalue weighted by Gasteiger charge is 2.16. The Morgan fingerprint density at radius 2 is 1.76 bits per heavy atom. The molecule has 0 heterocycles. The molecule has 0 fully saturated rings. The largest absolute Gasteiger partial charge is 0.495 e. The van der Waals surface area contributed by atoms with Crippen LogP contribution < -0.4 is 15.4 Å². The molecule has 6 heteroatoms. The smallest absolute Gasteiger partial charge is 0.243 e. The predicted molar refractivity (Wildman–Crippen MR) is 120 cm³/mol. The van der Waals surface area contributed by atoms with Crippen molar-refractivity contribution in [3.63, 3.8) is 0 Å². The monoisotopic (exact) mass is 414 g/mol. The molecule has 0 aromatic heterocycles. The maximum absolute atomic E-state index is 12.2. The Morgan fingerprint density at radius 3 is 2.41 bits per heavy atom. The number of carbonyl (C=O) groups is 2. The van der Waals surface area contributed by atoms with Gasteiger partial charge in [0.1, 0.15) is 5.75 Å². The number of carbonyl (C=O) groups excluding carboxylic acids is 2. The summed E-state index contributed by atoms with van der Waals surface area (Å²) >= 11 is 1.49. The summed E-state index contributed by atoms with van der Waals surface area (Å²) in [7, 11) is 1.55. The number of benzene rings is 2. The van der Waals surface area contributed by atoms with Crippen molar-refractivity contribution in [2.24, 2.45) is 0 Å². The summed E-state index contributed by atoms with van der Waals surface area (Å²) in [6.07, 6.45) is 0. The van der Waals surface area contributed by atoms with E-state index in [4.69, 9.17) is 4.74 Å². The van der Waals surface area contributed by atoms with E-state index < -0.39 is 0 Å². The van der Waals surface area contributed by atoms with Crippen molar-refractivity contribution in [1.82, 2.24) is 5.32 Å². The van der Waals surface area contributed by atoms with Gasteiger partial charge in [-0.2, -0.15) is 0 Å². The lowest BCUT2D eigenvalue weighted by Gasteiger charge is -2.20. The zero-order valence-electron chi connectivity index (χ0n) is 18.0. The van der Waals surface area contributed by atoms with Crippen LogP contribution in [0, 0.1) is 13.8 Å². The van der Waals surface area contributed by atoms with Gasteiger partial charge in [-0.05, 0) is 54.2 Å². The lowest BCUT2D eigenvalue weighted by molar-refractivity contribution is -0.122. The van der Waals surface area contributed by atoms with E-state index in [-0.39, 0.29) is 29.5 Å². The molecular weight excluding hydrogens is 384 g/mol. The molecule has 0 spiro atoms. The molecule has 2 aromatic carbocycles. The summed E-state index contributed by atoms with van der Waals surface area (Å²) < 4.78 is 5.25. The van der Waals surface area contributed by atoms with Crippen molar-refractivity contribution < 1.29 is 14.3 Å². The van der Waals surface area contributed by atoms with Crippen LogP contribution in [0.15, 0.2) is 41.3 Å².